The van der Waals surface area contributed by atoms with E-state index in [1.54, 1.807) is 48.5 Å². The molecule has 3 aromatic rings. The number of nitrogens with one attached hydrogen (secondary N) is 1. The lowest BCUT2D eigenvalue weighted by molar-refractivity contribution is -0.500. The Morgan fingerprint density at radius 3 is 2.38 bits per heavy atom. The number of hydrogen-bond acceptors (Lipinski definition) is 3. The van der Waals surface area contributed by atoms with E-state index in [9.17, 15) is 13.6 Å². The van der Waals surface area contributed by atoms with Crippen molar-refractivity contribution < 1.29 is 13.2 Å². The van der Waals surface area contributed by atoms with Gasteiger partial charge in [0, 0.05) is 16.1 Å². The predicted molar refractivity (Wildman–Crippen MR) is 116 cm³/mol. The van der Waals surface area contributed by atoms with Crippen molar-refractivity contribution in [2.24, 2.45) is 0 Å². The molecule has 0 bridgehead atoms. The zero-order valence-corrected chi connectivity index (χ0v) is 17.4. The summed E-state index contributed by atoms with van der Waals surface area (Å²) in [6.45, 7) is 1.77. The SMILES string of the molecule is Cc1ccc(S(=O)(=O)NCC(c2cccc(Cl)c2)/[N+]([O-])=C/c2ccccc2)cc1. The maximum atomic E-state index is 12.9. The molecule has 0 saturated heterocycles. The second-order valence-electron chi connectivity index (χ2n) is 6.64. The second-order valence-corrected chi connectivity index (χ2v) is 8.84. The van der Waals surface area contributed by atoms with Crippen LogP contribution in [-0.4, -0.2) is 25.9 Å². The minimum absolute atomic E-state index is 0.108. The van der Waals surface area contributed by atoms with Crippen LogP contribution in [0.1, 0.15) is 22.7 Å². The fourth-order valence-corrected chi connectivity index (χ4v) is 4.07. The lowest BCUT2D eigenvalue weighted by Crippen LogP contribution is -2.32. The molecule has 3 aromatic carbocycles. The van der Waals surface area contributed by atoms with E-state index < -0.39 is 16.1 Å². The first-order chi connectivity index (χ1) is 13.8. The van der Waals surface area contributed by atoms with Gasteiger partial charge in [0.15, 0.2) is 6.21 Å². The molecular formula is C22H21ClN2O3S. The summed E-state index contributed by atoms with van der Waals surface area (Å²) in [5, 5.41) is 13.4. The Hall–Kier alpha value is -2.67. The fourth-order valence-electron chi connectivity index (χ4n) is 2.83. The van der Waals surface area contributed by atoms with Crippen molar-refractivity contribution in [2.75, 3.05) is 6.54 Å². The third kappa shape index (κ3) is 5.67. The average molecular weight is 429 g/mol. The van der Waals surface area contributed by atoms with Gasteiger partial charge < -0.3 is 5.21 Å². The zero-order valence-electron chi connectivity index (χ0n) is 15.8. The summed E-state index contributed by atoms with van der Waals surface area (Å²) in [5.74, 6) is 0. The number of nitrogens with zero attached hydrogens (tertiary/aromatic N) is 1. The Bertz CT molecular complexity index is 1100. The van der Waals surface area contributed by atoms with E-state index in [2.05, 4.69) is 4.72 Å². The molecule has 0 spiro atoms. The van der Waals surface area contributed by atoms with Crippen molar-refractivity contribution in [1.29, 1.82) is 0 Å². The number of rotatable bonds is 7. The van der Waals surface area contributed by atoms with Gasteiger partial charge in [0.1, 0.15) is 0 Å². The highest BCUT2D eigenvalue weighted by atomic mass is 35.5. The van der Waals surface area contributed by atoms with Crippen molar-refractivity contribution in [3.05, 3.63) is 106 Å². The lowest BCUT2D eigenvalue weighted by atomic mass is 10.1. The van der Waals surface area contributed by atoms with Crippen LogP contribution in [0, 0.1) is 12.1 Å². The van der Waals surface area contributed by atoms with Gasteiger partial charge in [-0.2, -0.15) is 0 Å². The lowest BCUT2D eigenvalue weighted by Gasteiger charge is -2.18. The van der Waals surface area contributed by atoms with Crippen LogP contribution >= 0.6 is 11.6 Å². The monoisotopic (exact) mass is 428 g/mol. The first-order valence-electron chi connectivity index (χ1n) is 9.02. The van der Waals surface area contributed by atoms with Crippen LogP contribution in [0.25, 0.3) is 0 Å². The Balaban J connectivity index is 1.89. The minimum atomic E-state index is -3.76. The summed E-state index contributed by atoms with van der Waals surface area (Å²) < 4.78 is 28.6. The first-order valence-corrected chi connectivity index (χ1v) is 10.9. The molecule has 0 fully saturated rings. The van der Waals surface area contributed by atoms with Crippen molar-refractivity contribution in [1.82, 2.24) is 4.72 Å². The van der Waals surface area contributed by atoms with Gasteiger partial charge in [0.2, 0.25) is 16.1 Å². The Kier molecular flexibility index (Phi) is 6.69. The molecule has 5 nitrogen and oxygen atoms in total. The van der Waals surface area contributed by atoms with E-state index in [0.29, 0.717) is 10.6 Å². The van der Waals surface area contributed by atoms with Crippen LogP contribution in [0.3, 0.4) is 0 Å². The largest absolute Gasteiger partial charge is 0.623 e. The number of sulfonamides is 1. The fraction of sp³-hybridized carbons (Fsp3) is 0.136. The second kappa shape index (κ2) is 9.22. The molecule has 150 valence electrons. The van der Waals surface area contributed by atoms with Crippen LogP contribution in [-0.2, 0) is 10.0 Å². The van der Waals surface area contributed by atoms with Crippen molar-refractivity contribution in [3.8, 4) is 0 Å². The summed E-state index contributed by atoms with van der Waals surface area (Å²) in [7, 11) is -3.76. The number of aryl methyl sites for hydroxylation is 1. The normalized spacial score (nSPS) is 13.2. The van der Waals surface area contributed by atoms with Gasteiger partial charge in [0.05, 0.1) is 11.4 Å². The molecule has 0 heterocycles. The van der Waals surface area contributed by atoms with Crippen LogP contribution in [0.4, 0.5) is 0 Å². The zero-order chi connectivity index (χ0) is 20.9. The van der Waals surface area contributed by atoms with Gasteiger partial charge in [-0.15, -0.1) is 0 Å². The number of halogens is 1. The van der Waals surface area contributed by atoms with E-state index in [1.807, 2.05) is 25.1 Å². The van der Waals surface area contributed by atoms with Gasteiger partial charge >= 0.3 is 0 Å². The van der Waals surface area contributed by atoms with E-state index in [1.165, 1.54) is 18.3 Å². The van der Waals surface area contributed by atoms with Crippen LogP contribution in [0.5, 0.6) is 0 Å². The highest BCUT2D eigenvalue weighted by Crippen LogP contribution is 2.21. The number of hydroxylamine groups is 1. The first kappa shape index (κ1) is 21.0. The smallest absolute Gasteiger partial charge is 0.240 e. The highest BCUT2D eigenvalue weighted by molar-refractivity contribution is 7.89. The third-order valence-electron chi connectivity index (χ3n) is 4.41. The molecule has 0 aromatic heterocycles. The molecule has 1 N–H and O–H groups in total. The average Bonchev–Trinajstić information content (AvgIpc) is 2.69. The molecular weight excluding hydrogens is 408 g/mol. The molecule has 0 aliphatic carbocycles. The molecule has 3 rings (SSSR count). The van der Waals surface area contributed by atoms with Crippen LogP contribution in [0.15, 0.2) is 83.8 Å². The molecule has 7 heteroatoms. The summed E-state index contributed by atoms with van der Waals surface area (Å²) in [5.41, 5.74) is 2.30. The minimum Gasteiger partial charge on any atom is -0.623 e. The maximum absolute atomic E-state index is 12.9. The molecule has 29 heavy (non-hydrogen) atoms. The van der Waals surface area contributed by atoms with Crippen LogP contribution < -0.4 is 4.72 Å². The van der Waals surface area contributed by atoms with Crippen LogP contribution in [0.2, 0.25) is 5.02 Å². The standard InChI is InChI=1S/C22H21ClN2O3S/c1-17-10-12-21(13-11-17)29(27,28)24-15-22(19-8-5-9-20(23)14-19)25(26)16-18-6-3-2-4-7-18/h2-14,16,22,24H,15H2,1H3/b25-16-. The summed E-state index contributed by atoms with van der Waals surface area (Å²) in [4.78, 5) is 0.150. The molecule has 1 atom stereocenters. The summed E-state index contributed by atoms with van der Waals surface area (Å²) in [6.07, 6.45) is 1.44. The summed E-state index contributed by atoms with van der Waals surface area (Å²) in [6, 6.07) is 21.7. The molecule has 0 amide bonds. The van der Waals surface area contributed by atoms with E-state index >= 15 is 0 Å². The third-order valence-corrected chi connectivity index (χ3v) is 6.09. The van der Waals surface area contributed by atoms with Gasteiger partial charge in [0.25, 0.3) is 0 Å². The van der Waals surface area contributed by atoms with Gasteiger partial charge in [-0.25, -0.2) is 17.9 Å². The van der Waals surface area contributed by atoms with E-state index in [4.69, 9.17) is 11.6 Å². The predicted octanol–water partition coefficient (Wildman–Crippen LogP) is 4.30. The Labute approximate surface area is 175 Å². The molecule has 1 unspecified atom stereocenters. The molecule has 0 saturated carbocycles. The van der Waals surface area contributed by atoms with Gasteiger partial charge in [-0.3, -0.25) is 0 Å². The van der Waals surface area contributed by atoms with E-state index in [-0.39, 0.29) is 11.4 Å². The molecule has 0 radical (unpaired) electrons. The number of benzene rings is 3. The molecule has 0 aliphatic heterocycles. The summed E-state index contributed by atoms with van der Waals surface area (Å²) >= 11 is 6.09. The maximum Gasteiger partial charge on any atom is 0.240 e. The Morgan fingerprint density at radius 1 is 1.03 bits per heavy atom. The van der Waals surface area contributed by atoms with Gasteiger partial charge in [-0.1, -0.05) is 59.6 Å². The van der Waals surface area contributed by atoms with Gasteiger partial charge in [-0.05, 0) is 43.3 Å². The molecule has 0 aliphatic rings. The topological polar surface area (TPSA) is 72.2 Å². The van der Waals surface area contributed by atoms with Crippen molar-refractivity contribution >= 4 is 27.8 Å². The quantitative estimate of drug-likeness (QED) is 0.264. The Morgan fingerprint density at radius 2 is 1.72 bits per heavy atom. The van der Waals surface area contributed by atoms with Crippen molar-refractivity contribution in [3.63, 3.8) is 0 Å². The van der Waals surface area contributed by atoms with E-state index in [0.717, 1.165) is 15.9 Å². The highest BCUT2D eigenvalue weighted by Gasteiger charge is 2.23. The number of hydrogen-bond donors (Lipinski definition) is 1. The van der Waals surface area contributed by atoms with Crippen molar-refractivity contribution in [2.45, 2.75) is 17.9 Å².